The van der Waals surface area contributed by atoms with Gasteiger partial charge in [0.2, 0.25) is 5.91 Å². The molecule has 0 aromatic heterocycles. The van der Waals surface area contributed by atoms with E-state index in [-0.39, 0.29) is 5.91 Å². The van der Waals surface area contributed by atoms with Crippen molar-refractivity contribution >= 4 is 11.9 Å². The van der Waals surface area contributed by atoms with E-state index in [0.29, 0.717) is 31.8 Å². The van der Waals surface area contributed by atoms with Gasteiger partial charge in [0.1, 0.15) is 0 Å². The van der Waals surface area contributed by atoms with Crippen LogP contribution in [-0.2, 0) is 9.59 Å². The van der Waals surface area contributed by atoms with Gasteiger partial charge in [0, 0.05) is 13.1 Å². The average Bonchev–Trinajstić information content (AvgIpc) is 2.27. The molecule has 3 N–H and O–H groups in total. The van der Waals surface area contributed by atoms with Gasteiger partial charge < -0.3 is 15.7 Å². The number of nitrogens with zero attached hydrogens (tertiary/aromatic N) is 1. The summed E-state index contributed by atoms with van der Waals surface area (Å²) in [7, 11) is 0. The molecule has 0 bridgehead atoms. The first-order valence-electron chi connectivity index (χ1n) is 6.19. The summed E-state index contributed by atoms with van der Waals surface area (Å²) in [6.45, 7) is 4.97. The monoisotopic (exact) mass is 242 g/mol. The molecule has 98 valence electrons. The summed E-state index contributed by atoms with van der Waals surface area (Å²) in [5.74, 6) is -0.988. The highest BCUT2D eigenvalue weighted by molar-refractivity contribution is 5.82. The molecule has 1 amide bonds. The number of hydrogen-bond donors (Lipinski definition) is 2. The molecule has 5 nitrogen and oxygen atoms in total. The van der Waals surface area contributed by atoms with E-state index >= 15 is 0 Å². The first-order chi connectivity index (χ1) is 7.91. The van der Waals surface area contributed by atoms with E-state index in [9.17, 15) is 9.59 Å². The molecular formula is C12H22N2O3. The minimum Gasteiger partial charge on any atom is -0.481 e. The lowest BCUT2D eigenvalue weighted by Gasteiger charge is -2.32. The Hall–Kier alpha value is -1.10. The van der Waals surface area contributed by atoms with Crippen LogP contribution in [0.3, 0.4) is 0 Å². The van der Waals surface area contributed by atoms with Crippen molar-refractivity contribution in [3.63, 3.8) is 0 Å². The number of carbonyl (C=O) groups excluding carboxylic acids is 1. The van der Waals surface area contributed by atoms with Crippen molar-refractivity contribution in [3.05, 3.63) is 0 Å². The van der Waals surface area contributed by atoms with E-state index in [1.807, 2.05) is 13.8 Å². The second-order valence-corrected chi connectivity index (χ2v) is 5.20. The summed E-state index contributed by atoms with van der Waals surface area (Å²) in [6.07, 6.45) is 2.04. The molecule has 1 saturated heterocycles. The first kappa shape index (κ1) is 14.0. The Labute approximate surface area is 102 Å². The fraction of sp³-hybridized carbons (Fsp3) is 0.833. The maximum Gasteiger partial charge on any atom is 0.308 e. The van der Waals surface area contributed by atoms with E-state index in [0.717, 1.165) is 6.42 Å². The Kier molecular flexibility index (Phi) is 4.93. The number of carboxylic acid groups (broad SMARTS) is 1. The van der Waals surface area contributed by atoms with Crippen LogP contribution in [-0.4, -0.2) is 41.0 Å². The number of piperidine rings is 1. The highest BCUT2D eigenvalue weighted by atomic mass is 16.4. The highest BCUT2D eigenvalue weighted by Gasteiger charge is 2.30. The Morgan fingerprint density at radius 3 is 2.65 bits per heavy atom. The van der Waals surface area contributed by atoms with Gasteiger partial charge in [-0.25, -0.2) is 0 Å². The number of carbonyl (C=O) groups is 2. The normalized spacial score (nSPS) is 22.6. The van der Waals surface area contributed by atoms with Crippen LogP contribution in [0.25, 0.3) is 0 Å². The van der Waals surface area contributed by atoms with Crippen molar-refractivity contribution in [3.8, 4) is 0 Å². The largest absolute Gasteiger partial charge is 0.481 e. The fourth-order valence-corrected chi connectivity index (χ4v) is 2.22. The molecular weight excluding hydrogens is 220 g/mol. The number of amides is 1. The molecule has 1 aliphatic heterocycles. The van der Waals surface area contributed by atoms with Gasteiger partial charge in [-0.15, -0.1) is 0 Å². The van der Waals surface area contributed by atoms with Crippen molar-refractivity contribution < 1.29 is 14.7 Å². The second-order valence-electron chi connectivity index (χ2n) is 5.20. The third-order valence-corrected chi connectivity index (χ3v) is 3.12. The van der Waals surface area contributed by atoms with E-state index in [1.54, 1.807) is 4.90 Å². The van der Waals surface area contributed by atoms with Crippen molar-refractivity contribution in [2.24, 2.45) is 17.6 Å². The number of aliphatic carboxylic acids is 1. The summed E-state index contributed by atoms with van der Waals surface area (Å²) in [4.78, 5) is 24.5. The number of carboxylic acids is 1. The van der Waals surface area contributed by atoms with Gasteiger partial charge in [-0.1, -0.05) is 13.8 Å². The molecule has 0 aromatic carbocycles. The molecule has 1 heterocycles. The zero-order chi connectivity index (χ0) is 13.0. The Bertz CT molecular complexity index is 291. The topological polar surface area (TPSA) is 83.6 Å². The molecule has 2 atom stereocenters. The lowest BCUT2D eigenvalue weighted by atomic mass is 9.96. The molecule has 5 heteroatoms. The molecule has 1 aliphatic rings. The van der Waals surface area contributed by atoms with Gasteiger partial charge in [0.15, 0.2) is 0 Å². The van der Waals surface area contributed by atoms with E-state index in [4.69, 9.17) is 10.8 Å². The molecule has 0 radical (unpaired) electrons. The first-order valence-corrected chi connectivity index (χ1v) is 6.19. The van der Waals surface area contributed by atoms with Crippen LogP contribution in [0.4, 0.5) is 0 Å². The molecule has 1 rings (SSSR count). The predicted molar refractivity (Wildman–Crippen MR) is 64.4 cm³/mol. The fourth-order valence-electron chi connectivity index (χ4n) is 2.22. The van der Waals surface area contributed by atoms with Gasteiger partial charge in [-0.05, 0) is 25.2 Å². The molecule has 0 aliphatic carbocycles. The van der Waals surface area contributed by atoms with E-state index in [2.05, 4.69) is 0 Å². The van der Waals surface area contributed by atoms with Crippen LogP contribution in [0, 0.1) is 11.8 Å². The van der Waals surface area contributed by atoms with Gasteiger partial charge in [0.05, 0.1) is 12.0 Å². The number of likely N-dealkylation sites (tertiary alicyclic amines) is 1. The lowest BCUT2D eigenvalue weighted by Crippen LogP contribution is -2.49. The average molecular weight is 242 g/mol. The molecule has 0 spiro atoms. The number of nitrogens with two attached hydrogens (primary N) is 1. The summed E-state index contributed by atoms with van der Waals surface area (Å²) < 4.78 is 0. The zero-order valence-electron chi connectivity index (χ0n) is 10.6. The molecule has 1 fully saturated rings. The third-order valence-electron chi connectivity index (χ3n) is 3.12. The number of rotatable bonds is 4. The van der Waals surface area contributed by atoms with Crippen molar-refractivity contribution in [1.29, 1.82) is 0 Å². The Morgan fingerprint density at radius 2 is 2.12 bits per heavy atom. The molecule has 2 unspecified atom stereocenters. The van der Waals surface area contributed by atoms with Crippen LogP contribution < -0.4 is 5.73 Å². The molecule has 17 heavy (non-hydrogen) atoms. The Morgan fingerprint density at radius 1 is 1.47 bits per heavy atom. The van der Waals surface area contributed by atoms with Gasteiger partial charge in [0.25, 0.3) is 0 Å². The summed E-state index contributed by atoms with van der Waals surface area (Å²) in [5, 5.41) is 8.95. The van der Waals surface area contributed by atoms with Crippen molar-refractivity contribution in [1.82, 2.24) is 4.90 Å². The predicted octanol–water partition coefficient (Wildman–Crippen LogP) is 0.683. The van der Waals surface area contributed by atoms with Gasteiger partial charge in [-0.2, -0.15) is 0 Å². The van der Waals surface area contributed by atoms with Crippen LogP contribution in [0.1, 0.15) is 33.1 Å². The SMILES string of the molecule is CC(C)CC(N)C(=O)N1CCCC(C(=O)O)C1. The van der Waals surface area contributed by atoms with Gasteiger partial charge >= 0.3 is 5.97 Å². The molecule has 0 saturated carbocycles. The minimum atomic E-state index is -0.820. The summed E-state index contributed by atoms with van der Waals surface area (Å²) in [5.41, 5.74) is 5.83. The van der Waals surface area contributed by atoms with Crippen molar-refractivity contribution in [2.75, 3.05) is 13.1 Å². The summed E-state index contributed by atoms with van der Waals surface area (Å²) >= 11 is 0. The quantitative estimate of drug-likeness (QED) is 0.759. The minimum absolute atomic E-state index is 0.107. The smallest absolute Gasteiger partial charge is 0.308 e. The highest BCUT2D eigenvalue weighted by Crippen LogP contribution is 2.18. The maximum atomic E-state index is 12.0. The van der Waals surface area contributed by atoms with Crippen LogP contribution >= 0.6 is 0 Å². The zero-order valence-corrected chi connectivity index (χ0v) is 10.6. The lowest BCUT2D eigenvalue weighted by molar-refractivity contribution is -0.146. The van der Waals surface area contributed by atoms with E-state index in [1.165, 1.54) is 0 Å². The number of hydrogen-bond acceptors (Lipinski definition) is 3. The van der Waals surface area contributed by atoms with Crippen molar-refractivity contribution in [2.45, 2.75) is 39.2 Å². The molecule has 0 aromatic rings. The van der Waals surface area contributed by atoms with Crippen LogP contribution in [0.15, 0.2) is 0 Å². The third kappa shape index (κ3) is 4.00. The van der Waals surface area contributed by atoms with E-state index < -0.39 is 17.9 Å². The Balaban J connectivity index is 2.54. The standard InChI is InChI=1S/C12H22N2O3/c1-8(2)6-10(13)11(15)14-5-3-4-9(7-14)12(16)17/h8-10H,3-7,13H2,1-2H3,(H,16,17). The van der Waals surface area contributed by atoms with Crippen LogP contribution in [0.2, 0.25) is 0 Å². The second kappa shape index (κ2) is 6.00. The summed E-state index contributed by atoms with van der Waals surface area (Å²) in [6, 6.07) is -0.498. The van der Waals surface area contributed by atoms with Gasteiger partial charge in [-0.3, -0.25) is 9.59 Å². The van der Waals surface area contributed by atoms with Crippen LogP contribution in [0.5, 0.6) is 0 Å². The maximum absolute atomic E-state index is 12.0.